The zero-order chi connectivity index (χ0) is 22.8. The van der Waals surface area contributed by atoms with Crippen LogP contribution in [-0.2, 0) is 9.59 Å². The number of fused-ring (bicyclic) bond motifs is 1. The molecule has 0 saturated carbocycles. The molecule has 2 amide bonds. The molecule has 166 valence electrons. The molecule has 0 radical (unpaired) electrons. The SMILES string of the molecule is COc1cc([C@@H]2SCC(=O)Nc3c2c(C)nn3-c2ccc(Cl)cc2)ccc1OCC(N)=O. The third-order valence-corrected chi connectivity index (χ3v) is 6.46. The summed E-state index contributed by atoms with van der Waals surface area (Å²) in [7, 11) is 1.52. The predicted octanol–water partition coefficient (Wildman–Crippen LogP) is 3.48. The Kier molecular flexibility index (Phi) is 6.29. The fourth-order valence-corrected chi connectivity index (χ4v) is 4.84. The van der Waals surface area contributed by atoms with Crippen molar-refractivity contribution in [2.75, 3.05) is 24.8 Å². The lowest BCUT2D eigenvalue weighted by Crippen LogP contribution is -2.20. The zero-order valence-corrected chi connectivity index (χ0v) is 19.0. The molecule has 0 fully saturated rings. The summed E-state index contributed by atoms with van der Waals surface area (Å²) in [6.45, 7) is 1.67. The number of nitrogens with one attached hydrogen (secondary N) is 1. The summed E-state index contributed by atoms with van der Waals surface area (Å²) >= 11 is 7.53. The van der Waals surface area contributed by atoms with Gasteiger partial charge in [0.2, 0.25) is 5.91 Å². The fraction of sp³-hybridized carbons (Fsp3) is 0.227. The fourth-order valence-electron chi connectivity index (χ4n) is 3.53. The molecule has 1 aromatic heterocycles. The number of aromatic nitrogens is 2. The van der Waals surface area contributed by atoms with E-state index in [9.17, 15) is 9.59 Å². The van der Waals surface area contributed by atoms with Gasteiger partial charge in [0.05, 0.1) is 29.5 Å². The number of benzene rings is 2. The molecule has 0 aliphatic carbocycles. The number of halogens is 1. The first kappa shape index (κ1) is 22.0. The number of carbonyl (C=O) groups is 2. The maximum absolute atomic E-state index is 12.5. The van der Waals surface area contributed by atoms with Crippen molar-refractivity contribution >= 4 is 41.0 Å². The Morgan fingerprint density at radius 2 is 2.03 bits per heavy atom. The van der Waals surface area contributed by atoms with Crippen LogP contribution in [0.4, 0.5) is 5.82 Å². The minimum Gasteiger partial charge on any atom is -0.493 e. The van der Waals surface area contributed by atoms with Crippen LogP contribution in [0.2, 0.25) is 5.02 Å². The molecule has 0 unspecified atom stereocenters. The summed E-state index contributed by atoms with van der Waals surface area (Å²) in [5.41, 5.74) is 8.58. The van der Waals surface area contributed by atoms with Crippen LogP contribution < -0.4 is 20.5 Å². The molecule has 2 aromatic carbocycles. The van der Waals surface area contributed by atoms with Gasteiger partial charge < -0.3 is 20.5 Å². The highest BCUT2D eigenvalue weighted by molar-refractivity contribution is 8.00. The van der Waals surface area contributed by atoms with Gasteiger partial charge in [0.1, 0.15) is 5.82 Å². The monoisotopic (exact) mass is 472 g/mol. The molecule has 8 nitrogen and oxygen atoms in total. The van der Waals surface area contributed by atoms with Crippen LogP contribution in [0.1, 0.15) is 22.1 Å². The van der Waals surface area contributed by atoms with Crippen molar-refractivity contribution in [3.05, 3.63) is 64.3 Å². The quantitative estimate of drug-likeness (QED) is 0.568. The maximum atomic E-state index is 12.5. The highest BCUT2D eigenvalue weighted by Gasteiger charge is 2.31. The van der Waals surface area contributed by atoms with Crippen LogP contribution in [0.25, 0.3) is 5.69 Å². The third kappa shape index (κ3) is 4.39. The van der Waals surface area contributed by atoms with E-state index in [0.717, 1.165) is 22.5 Å². The first-order valence-corrected chi connectivity index (χ1v) is 11.2. The highest BCUT2D eigenvalue weighted by Crippen LogP contribution is 2.45. The number of methoxy groups -OCH3 is 1. The number of anilines is 1. The molecule has 3 aromatic rings. The number of hydrogen-bond acceptors (Lipinski definition) is 6. The molecule has 2 heterocycles. The Bertz CT molecular complexity index is 1180. The normalized spacial score (nSPS) is 15.5. The van der Waals surface area contributed by atoms with E-state index in [1.165, 1.54) is 18.9 Å². The van der Waals surface area contributed by atoms with Crippen LogP contribution >= 0.6 is 23.4 Å². The van der Waals surface area contributed by atoms with Crippen LogP contribution in [-0.4, -0.2) is 41.1 Å². The van der Waals surface area contributed by atoms with E-state index in [4.69, 9.17) is 31.9 Å². The van der Waals surface area contributed by atoms with Gasteiger partial charge in [-0.25, -0.2) is 4.68 Å². The van der Waals surface area contributed by atoms with Crippen molar-refractivity contribution in [1.29, 1.82) is 0 Å². The molecule has 0 saturated heterocycles. The summed E-state index contributed by atoms with van der Waals surface area (Å²) in [6.07, 6.45) is 0. The first-order valence-electron chi connectivity index (χ1n) is 9.73. The van der Waals surface area contributed by atoms with Crippen LogP contribution in [0.3, 0.4) is 0 Å². The molecule has 0 bridgehead atoms. The number of rotatable bonds is 6. The van der Waals surface area contributed by atoms with Crippen molar-refractivity contribution in [3.8, 4) is 17.2 Å². The molecule has 3 N–H and O–H groups in total. The van der Waals surface area contributed by atoms with Crippen LogP contribution in [0.15, 0.2) is 42.5 Å². The zero-order valence-electron chi connectivity index (χ0n) is 17.4. The van der Waals surface area contributed by atoms with E-state index in [1.54, 1.807) is 22.9 Å². The van der Waals surface area contributed by atoms with Gasteiger partial charge in [-0.3, -0.25) is 9.59 Å². The van der Waals surface area contributed by atoms with Crippen molar-refractivity contribution in [1.82, 2.24) is 9.78 Å². The van der Waals surface area contributed by atoms with Gasteiger partial charge in [-0.1, -0.05) is 17.7 Å². The maximum Gasteiger partial charge on any atom is 0.255 e. The molecule has 1 aliphatic rings. The number of amides is 2. The minimum atomic E-state index is -0.574. The lowest BCUT2D eigenvalue weighted by molar-refractivity contribution is -0.120. The van der Waals surface area contributed by atoms with Gasteiger partial charge in [0, 0.05) is 10.6 Å². The lowest BCUT2D eigenvalue weighted by Gasteiger charge is -2.18. The number of ether oxygens (including phenoxy) is 2. The Morgan fingerprint density at radius 1 is 1.28 bits per heavy atom. The Morgan fingerprint density at radius 3 is 2.72 bits per heavy atom. The van der Waals surface area contributed by atoms with Gasteiger partial charge in [-0.2, -0.15) is 5.10 Å². The number of nitrogens with two attached hydrogens (primary N) is 1. The average molecular weight is 473 g/mol. The largest absolute Gasteiger partial charge is 0.493 e. The first-order chi connectivity index (χ1) is 15.4. The number of carbonyl (C=O) groups excluding carboxylic acids is 2. The van der Waals surface area contributed by atoms with Gasteiger partial charge >= 0.3 is 0 Å². The Labute approximate surface area is 194 Å². The lowest BCUT2D eigenvalue weighted by atomic mass is 10.0. The second-order valence-corrected chi connectivity index (χ2v) is 8.67. The van der Waals surface area contributed by atoms with E-state index < -0.39 is 5.91 Å². The second-order valence-electron chi connectivity index (χ2n) is 7.14. The molecule has 32 heavy (non-hydrogen) atoms. The standard InChI is InChI=1S/C22H21ClN4O4S/c1-12-20-21(13-3-8-16(17(9-13)30-2)31-10-18(24)28)32-11-19(29)25-22(20)27(26-12)15-6-4-14(23)5-7-15/h3-9,21H,10-11H2,1-2H3,(H2,24,28)(H,25,29)/t21-/m0/s1. The van der Waals surface area contributed by atoms with Gasteiger partial charge in [0.15, 0.2) is 18.1 Å². The average Bonchev–Trinajstić information content (AvgIpc) is 2.97. The number of aryl methyl sites for hydroxylation is 1. The van der Waals surface area contributed by atoms with Crippen molar-refractivity contribution in [2.24, 2.45) is 5.73 Å². The van der Waals surface area contributed by atoms with Crippen LogP contribution in [0.5, 0.6) is 11.5 Å². The number of nitrogens with zero attached hydrogens (tertiary/aromatic N) is 2. The summed E-state index contributed by atoms with van der Waals surface area (Å²) in [5.74, 6) is 1.10. The van der Waals surface area contributed by atoms with E-state index in [0.29, 0.717) is 22.3 Å². The smallest absolute Gasteiger partial charge is 0.255 e. The number of hydrogen-bond donors (Lipinski definition) is 2. The molecular formula is C22H21ClN4O4S. The molecular weight excluding hydrogens is 452 g/mol. The summed E-state index contributed by atoms with van der Waals surface area (Å²) in [6, 6.07) is 12.7. The van der Waals surface area contributed by atoms with E-state index in [-0.39, 0.29) is 23.5 Å². The van der Waals surface area contributed by atoms with E-state index in [1.807, 2.05) is 31.2 Å². The molecule has 4 rings (SSSR count). The van der Waals surface area contributed by atoms with E-state index >= 15 is 0 Å². The van der Waals surface area contributed by atoms with Crippen molar-refractivity contribution < 1.29 is 19.1 Å². The number of thioether (sulfide) groups is 1. The van der Waals surface area contributed by atoms with Crippen LogP contribution in [0, 0.1) is 6.92 Å². The van der Waals surface area contributed by atoms with Gasteiger partial charge in [-0.15, -0.1) is 11.8 Å². The highest BCUT2D eigenvalue weighted by atomic mass is 35.5. The molecule has 10 heteroatoms. The van der Waals surface area contributed by atoms with Gasteiger partial charge in [0.25, 0.3) is 5.91 Å². The Balaban J connectivity index is 1.78. The Hall–Kier alpha value is -3.17. The molecule has 1 atom stereocenters. The summed E-state index contributed by atoms with van der Waals surface area (Å²) in [5, 5.41) is 8.13. The summed E-state index contributed by atoms with van der Waals surface area (Å²) in [4.78, 5) is 23.6. The topological polar surface area (TPSA) is 108 Å². The second kappa shape index (κ2) is 9.13. The minimum absolute atomic E-state index is 0.109. The van der Waals surface area contributed by atoms with Gasteiger partial charge in [-0.05, 0) is 48.9 Å². The van der Waals surface area contributed by atoms with Crippen molar-refractivity contribution in [3.63, 3.8) is 0 Å². The third-order valence-electron chi connectivity index (χ3n) is 4.94. The van der Waals surface area contributed by atoms with Crippen molar-refractivity contribution in [2.45, 2.75) is 12.2 Å². The molecule has 1 aliphatic heterocycles. The van der Waals surface area contributed by atoms with E-state index in [2.05, 4.69) is 5.32 Å². The predicted molar refractivity (Wildman–Crippen MR) is 124 cm³/mol. The summed E-state index contributed by atoms with van der Waals surface area (Å²) < 4.78 is 12.6. The number of primary amides is 1. The molecule has 0 spiro atoms.